The summed E-state index contributed by atoms with van der Waals surface area (Å²) in [6, 6.07) is 9.81. The maximum Gasteiger partial charge on any atom is 0.330 e. The molecule has 1 fully saturated rings. The van der Waals surface area contributed by atoms with E-state index < -0.39 is 12.0 Å². The van der Waals surface area contributed by atoms with Crippen LogP contribution in [-0.2, 0) is 14.3 Å². The van der Waals surface area contributed by atoms with Crippen LogP contribution in [0.4, 0.5) is 5.69 Å². The van der Waals surface area contributed by atoms with Gasteiger partial charge in [0.15, 0.2) is 5.76 Å². The second kappa shape index (κ2) is 9.73. The number of ether oxygens (including phenoxy) is 1. The van der Waals surface area contributed by atoms with Gasteiger partial charge >= 0.3 is 5.97 Å². The van der Waals surface area contributed by atoms with Crippen molar-refractivity contribution in [3.8, 4) is 0 Å². The zero-order valence-electron chi connectivity index (χ0n) is 16.3. The molecule has 1 N–H and O–H groups in total. The summed E-state index contributed by atoms with van der Waals surface area (Å²) in [5, 5.41) is 2.88. The largest absolute Gasteiger partial charge is 0.463 e. The molecular formula is C22H24N2O5. The van der Waals surface area contributed by atoms with Crippen molar-refractivity contribution in [2.45, 2.75) is 32.2 Å². The van der Waals surface area contributed by atoms with Crippen molar-refractivity contribution in [3.63, 3.8) is 0 Å². The van der Waals surface area contributed by atoms with Crippen LogP contribution in [0.2, 0.25) is 0 Å². The minimum atomic E-state index is -0.537. The number of anilines is 1. The average Bonchev–Trinajstić information content (AvgIpc) is 3.28. The molecule has 0 radical (unpaired) electrons. The number of carbonyl (C=O) groups excluding carboxylic acids is 3. The highest BCUT2D eigenvalue weighted by molar-refractivity contribution is 6.00. The Morgan fingerprint density at radius 2 is 2.00 bits per heavy atom. The Kier molecular flexibility index (Phi) is 6.84. The molecule has 1 unspecified atom stereocenters. The highest BCUT2D eigenvalue weighted by Gasteiger charge is 2.33. The van der Waals surface area contributed by atoms with Crippen LogP contribution >= 0.6 is 0 Å². The van der Waals surface area contributed by atoms with Crippen LogP contribution in [0.5, 0.6) is 0 Å². The fourth-order valence-electron chi connectivity index (χ4n) is 3.25. The van der Waals surface area contributed by atoms with Crippen LogP contribution in [0.1, 0.15) is 42.3 Å². The summed E-state index contributed by atoms with van der Waals surface area (Å²) >= 11 is 0. The lowest BCUT2D eigenvalue weighted by Crippen LogP contribution is -2.49. The highest BCUT2D eigenvalue weighted by Crippen LogP contribution is 2.22. The second-order valence-corrected chi connectivity index (χ2v) is 6.68. The minimum absolute atomic E-state index is 0.223. The molecular weight excluding hydrogens is 372 g/mol. The van der Waals surface area contributed by atoms with Crippen LogP contribution in [-0.4, -0.2) is 41.9 Å². The zero-order chi connectivity index (χ0) is 20.6. The molecule has 1 saturated heterocycles. The number of benzene rings is 1. The summed E-state index contributed by atoms with van der Waals surface area (Å²) in [6.45, 7) is 2.60. The maximum absolute atomic E-state index is 12.8. The van der Waals surface area contributed by atoms with E-state index in [1.165, 1.54) is 12.3 Å². The predicted octanol–water partition coefficient (Wildman–Crippen LogP) is 3.49. The summed E-state index contributed by atoms with van der Waals surface area (Å²) in [5.74, 6) is -0.653. The molecule has 7 heteroatoms. The third-order valence-corrected chi connectivity index (χ3v) is 4.67. The first-order chi connectivity index (χ1) is 14.1. The van der Waals surface area contributed by atoms with Crippen molar-refractivity contribution in [3.05, 3.63) is 60.1 Å². The van der Waals surface area contributed by atoms with E-state index >= 15 is 0 Å². The van der Waals surface area contributed by atoms with Gasteiger partial charge in [-0.05, 0) is 62.1 Å². The van der Waals surface area contributed by atoms with Gasteiger partial charge in [0.1, 0.15) is 6.04 Å². The molecule has 0 bridgehead atoms. The van der Waals surface area contributed by atoms with Crippen molar-refractivity contribution >= 4 is 29.5 Å². The SMILES string of the molecule is CCOC(=O)/C=C/c1ccc(NC(=O)C2CCCCN2C(=O)c2ccco2)cc1. The first kappa shape index (κ1) is 20.4. The van der Waals surface area contributed by atoms with Gasteiger partial charge in [-0.15, -0.1) is 0 Å². The van der Waals surface area contributed by atoms with Crippen LogP contribution in [0.25, 0.3) is 6.08 Å². The quantitative estimate of drug-likeness (QED) is 0.596. The zero-order valence-corrected chi connectivity index (χ0v) is 16.3. The number of nitrogens with zero attached hydrogens (tertiary/aromatic N) is 1. The second-order valence-electron chi connectivity index (χ2n) is 6.68. The van der Waals surface area contributed by atoms with E-state index in [2.05, 4.69) is 5.32 Å². The lowest BCUT2D eigenvalue weighted by Gasteiger charge is -2.34. The van der Waals surface area contributed by atoms with Crippen molar-refractivity contribution in [2.24, 2.45) is 0 Å². The van der Waals surface area contributed by atoms with Gasteiger partial charge in [0.2, 0.25) is 5.91 Å². The Labute approximate surface area is 169 Å². The third-order valence-electron chi connectivity index (χ3n) is 4.67. The molecule has 2 aromatic rings. The average molecular weight is 396 g/mol. The topological polar surface area (TPSA) is 88.9 Å². The normalized spacial score (nSPS) is 16.6. The van der Waals surface area contributed by atoms with Gasteiger partial charge in [-0.2, -0.15) is 0 Å². The Morgan fingerprint density at radius 1 is 1.21 bits per heavy atom. The van der Waals surface area contributed by atoms with E-state index in [9.17, 15) is 14.4 Å². The van der Waals surface area contributed by atoms with Crippen molar-refractivity contribution in [1.82, 2.24) is 4.90 Å². The summed E-state index contributed by atoms with van der Waals surface area (Å²) < 4.78 is 10.0. The molecule has 7 nitrogen and oxygen atoms in total. The van der Waals surface area contributed by atoms with E-state index in [-0.39, 0.29) is 17.6 Å². The summed E-state index contributed by atoms with van der Waals surface area (Å²) in [7, 11) is 0. The number of hydrogen-bond donors (Lipinski definition) is 1. The number of piperidine rings is 1. The standard InChI is InChI=1S/C22H24N2O5/c1-2-28-20(25)13-10-16-8-11-17(12-9-16)23-21(26)18-6-3-4-14-24(18)22(27)19-7-5-15-29-19/h5,7-13,15,18H,2-4,6,14H2,1H3,(H,23,26)/b13-10+. The lowest BCUT2D eigenvalue weighted by molar-refractivity contribution is -0.137. The number of furan rings is 1. The summed E-state index contributed by atoms with van der Waals surface area (Å²) in [4.78, 5) is 38.4. The molecule has 1 aliphatic heterocycles. The van der Waals surface area contributed by atoms with Crippen molar-refractivity contribution < 1.29 is 23.5 Å². The summed E-state index contributed by atoms with van der Waals surface area (Å²) in [6.07, 6.45) is 6.81. The van der Waals surface area contributed by atoms with Gasteiger partial charge in [-0.1, -0.05) is 12.1 Å². The molecule has 152 valence electrons. The van der Waals surface area contributed by atoms with Crippen molar-refractivity contribution in [1.29, 1.82) is 0 Å². The van der Waals surface area contributed by atoms with Gasteiger partial charge in [0.05, 0.1) is 12.9 Å². The molecule has 2 heterocycles. The fourth-order valence-corrected chi connectivity index (χ4v) is 3.25. The van der Waals surface area contributed by atoms with Gasteiger partial charge in [0, 0.05) is 18.3 Å². The van der Waals surface area contributed by atoms with Crippen LogP contribution in [0, 0.1) is 0 Å². The Hall–Kier alpha value is -3.35. The number of hydrogen-bond acceptors (Lipinski definition) is 5. The Morgan fingerprint density at radius 3 is 2.69 bits per heavy atom. The number of carbonyl (C=O) groups is 3. The van der Waals surface area contributed by atoms with Gasteiger partial charge in [-0.3, -0.25) is 9.59 Å². The fraction of sp³-hybridized carbons (Fsp3) is 0.318. The smallest absolute Gasteiger partial charge is 0.330 e. The molecule has 2 amide bonds. The van der Waals surface area contributed by atoms with Gasteiger partial charge in [-0.25, -0.2) is 4.79 Å². The molecule has 1 aromatic carbocycles. The molecule has 0 spiro atoms. The maximum atomic E-state index is 12.8. The van der Waals surface area contributed by atoms with E-state index in [0.717, 1.165) is 18.4 Å². The monoisotopic (exact) mass is 396 g/mol. The molecule has 3 rings (SSSR count). The molecule has 1 aromatic heterocycles. The van der Waals surface area contributed by atoms with E-state index in [4.69, 9.17) is 9.15 Å². The Balaban J connectivity index is 1.63. The molecule has 29 heavy (non-hydrogen) atoms. The van der Waals surface area contributed by atoms with Crippen LogP contribution in [0.3, 0.4) is 0 Å². The van der Waals surface area contributed by atoms with Crippen molar-refractivity contribution in [2.75, 3.05) is 18.5 Å². The molecule has 1 atom stereocenters. The third kappa shape index (κ3) is 5.34. The van der Waals surface area contributed by atoms with Gasteiger partial charge < -0.3 is 19.4 Å². The molecule has 0 saturated carbocycles. The van der Waals surface area contributed by atoms with E-state index in [1.807, 2.05) is 0 Å². The molecule has 1 aliphatic rings. The minimum Gasteiger partial charge on any atom is -0.463 e. The predicted molar refractivity (Wildman–Crippen MR) is 108 cm³/mol. The number of rotatable bonds is 6. The van der Waals surface area contributed by atoms with E-state index in [1.54, 1.807) is 54.3 Å². The van der Waals surface area contributed by atoms with Crippen LogP contribution in [0.15, 0.2) is 53.2 Å². The number of amides is 2. The highest BCUT2D eigenvalue weighted by atomic mass is 16.5. The lowest BCUT2D eigenvalue weighted by atomic mass is 10.0. The Bertz CT molecular complexity index is 871. The number of likely N-dealkylation sites (tertiary alicyclic amines) is 1. The first-order valence-electron chi connectivity index (χ1n) is 9.68. The summed E-state index contributed by atoms with van der Waals surface area (Å²) in [5.41, 5.74) is 1.43. The van der Waals surface area contributed by atoms with E-state index in [0.29, 0.717) is 25.3 Å². The number of esters is 1. The molecule has 0 aliphatic carbocycles. The first-order valence-corrected chi connectivity index (χ1v) is 9.68. The van der Waals surface area contributed by atoms with Gasteiger partial charge in [0.25, 0.3) is 5.91 Å². The van der Waals surface area contributed by atoms with Crippen LogP contribution < -0.4 is 5.32 Å². The number of nitrogens with one attached hydrogen (secondary N) is 1.